The topological polar surface area (TPSA) is 50.7 Å². The summed E-state index contributed by atoms with van der Waals surface area (Å²) in [5.74, 6) is 0.562. The van der Waals surface area contributed by atoms with Gasteiger partial charge in [-0.05, 0) is 6.92 Å². The lowest BCUT2D eigenvalue weighted by molar-refractivity contribution is 1.02. The molecule has 0 fully saturated rings. The number of halogens is 1. The van der Waals surface area contributed by atoms with Crippen LogP contribution < -0.4 is 5.32 Å². The second kappa shape index (κ2) is 4.55. The molecule has 0 saturated carbocycles. The number of nitrogens with zero attached hydrogens (tertiary/aromatic N) is 3. The van der Waals surface area contributed by atoms with Crippen LogP contribution in [-0.2, 0) is 6.54 Å². The summed E-state index contributed by atoms with van der Waals surface area (Å²) in [6, 6.07) is 0. The highest BCUT2D eigenvalue weighted by Gasteiger charge is 1.99. The van der Waals surface area contributed by atoms with Gasteiger partial charge < -0.3 is 5.32 Å². The summed E-state index contributed by atoms with van der Waals surface area (Å²) in [5, 5.41) is 6.63. The van der Waals surface area contributed by atoms with Crippen LogP contribution in [0.2, 0.25) is 5.02 Å². The number of nitrogens with one attached hydrogen (secondary N) is 1. The molecule has 6 heteroatoms. The first kappa shape index (κ1) is 10.3. The van der Waals surface area contributed by atoms with Crippen molar-refractivity contribution < 1.29 is 0 Å². The minimum Gasteiger partial charge on any atom is -0.348 e. The van der Waals surface area contributed by atoms with E-state index in [1.807, 2.05) is 12.3 Å². The molecule has 1 N–H and O–H groups in total. The van der Waals surface area contributed by atoms with Crippen LogP contribution in [0.15, 0.2) is 17.8 Å². The maximum absolute atomic E-state index is 5.67. The van der Waals surface area contributed by atoms with E-state index in [4.69, 9.17) is 11.6 Å². The van der Waals surface area contributed by atoms with Crippen LogP contribution in [0.25, 0.3) is 0 Å². The van der Waals surface area contributed by atoms with Crippen molar-refractivity contribution in [2.75, 3.05) is 5.32 Å². The first-order valence-corrected chi connectivity index (χ1v) is 5.62. The second-order valence-electron chi connectivity index (χ2n) is 2.96. The Bertz CT molecular complexity index is 440. The van der Waals surface area contributed by atoms with E-state index in [0.717, 1.165) is 10.7 Å². The van der Waals surface area contributed by atoms with Gasteiger partial charge in [-0.15, -0.1) is 11.3 Å². The van der Waals surface area contributed by atoms with E-state index in [1.54, 1.807) is 23.7 Å². The average molecular weight is 241 g/mol. The smallest absolute Gasteiger partial charge is 0.223 e. The zero-order chi connectivity index (χ0) is 10.7. The molecule has 0 aliphatic rings. The zero-order valence-electron chi connectivity index (χ0n) is 8.07. The summed E-state index contributed by atoms with van der Waals surface area (Å²) in [7, 11) is 0. The summed E-state index contributed by atoms with van der Waals surface area (Å²) in [4.78, 5) is 12.4. The van der Waals surface area contributed by atoms with Crippen LogP contribution in [0.5, 0.6) is 0 Å². The number of aryl methyl sites for hydroxylation is 1. The van der Waals surface area contributed by atoms with Crippen LogP contribution in [0.4, 0.5) is 5.95 Å². The van der Waals surface area contributed by atoms with E-state index in [-0.39, 0.29) is 0 Å². The van der Waals surface area contributed by atoms with Gasteiger partial charge in [-0.2, -0.15) is 0 Å². The van der Waals surface area contributed by atoms with Crippen LogP contribution in [0.1, 0.15) is 10.7 Å². The summed E-state index contributed by atoms with van der Waals surface area (Å²) in [5.41, 5.74) is 1.04. The fourth-order valence-electron chi connectivity index (χ4n) is 1.04. The number of anilines is 1. The molecule has 78 valence electrons. The molecule has 0 bridgehead atoms. The molecule has 4 nitrogen and oxygen atoms in total. The van der Waals surface area contributed by atoms with E-state index in [1.165, 1.54) is 0 Å². The third-order valence-corrected chi connectivity index (χ3v) is 2.85. The standard InChI is InChI=1S/C9H9ClN4S/c1-6-5-15-8(14-6)4-13-9-11-2-7(10)3-12-9/h2-3,5H,4H2,1H3,(H,11,12,13). The van der Waals surface area contributed by atoms with Gasteiger partial charge in [0.2, 0.25) is 5.95 Å². The van der Waals surface area contributed by atoms with Crippen molar-refractivity contribution in [2.45, 2.75) is 13.5 Å². The molecular formula is C9H9ClN4S. The molecule has 2 heterocycles. The Morgan fingerprint density at radius 2 is 2.13 bits per heavy atom. The lowest BCUT2D eigenvalue weighted by atomic mass is 10.6. The number of hydrogen-bond donors (Lipinski definition) is 1. The molecule has 0 aromatic carbocycles. The molecule has 0 aliphatic heterocycles. The average Bonchev–Trinajstić information content (AvgIpc) is 2.64. The van der Waals surface area contributed by atoms with Crippen molar-refractivity contribution in [1.29, 1.82) is 0 Å². The predicted octanol–water partition coefficient (Wildman–Crippen LogP) is 2.51. The molecule has 0 amide bonds. The molecular weight excluding hydrogens is 232 g/mol. The Balaban J connectivity index is 1.96. The number of hydrogen-bond acceptors (Lipinski definition) is 5. The monoisotopic (exact) mass is 240 g/mol. The van der Waals surface area contributed by atoms with E-state index < -0.39 is 0 Å². The second-order valence-corrected chi connectivity index (χ2v) is 4.34. The lowest BCUT2D eigenvalue weighted by Gasteiger charge is -2.00. The molecule has 0 radical (unpaired) electrons. The number of thiazole rings is 1. The molecule has 0 atom stereocenters. The fourth-order valence-corrected chi connectivity index (χ4v) is 1.85. The Morgan fingerprint density at radius 3 is 2.73 bits per heavy atom. The van der Waals surface area contributed by atoms with Crippen molar-refractivity contribution in [1.82, 2.24) is 15.0 Å². The number of aromatic nitrogens is 3. The van der Waals surface area contributed by atoms with E-state index in [2.05, 4.69) is 20.3 Å². The summed E-state index contributed by atoms with van der Waals surface area (Å²) in [6.45, 7) is 2.61. The third-order valence-electron chi connectivity index (χ3n) is 1.68. The van der Waals surface area contributed by atoms with Gasteiger partial charge in [-0.3, -0.25) is 0 Å². The molecule has 0 aliphatic carbocycles. The lowest BCUT2D eigenvalue weighted by Crippen LogP contribution is -2.02. The van der Waals surface area contributed by atoms with E-state index in [0.29, 0.717) is 17.5 Å². The van der Waals surface area contributed by atoms with Crippen LogP contribution in [-0.4, -0.2) is 15.0 Å². The van der Waals surface area contributed by atoms with Gasteiger partial charge in [0.05, 0.1) is 24.0 Å². The van der Waals surface area contributed by atoms with Gasteiger partial charge in [0.25, 0.3) is 0 Å². The molecule has 2 aromatic heterocycles. The third kappa shape index (κ3) is 2.87. The van der Waals surface area contributed by atoms with Gasteiger partial charge in [-0.1, -0.05) is 11.6 Å². The number of rotatable bonds is 3. The molecule has 2 rings (SSSR count). The first-order valence-electron chi connectivity index (χ1n) is 4.36. The SMILES string of the molecule is Cc1csc(CNc2ncc(Cl)cn2)n1. The van der Waals surface area contributed by atoms with Crippen molar-refractivity contribution >= 4 is 28.9 Å². The summed E-state index contributed by atoms with van der Waals surface area (Å²) in [6.07, 6.45) is 3.12. The highest BCUT2D eigenvalue weighted by Crippen LogP contribution is 2.11. The normalized spacial score (nSPS) is 10.3. The minimum atomic E-state index is 0.533. The van der Waals surface area contributed by atoms with Crippen molar-refractivity contribution in [3.8, 4) is 0 Å². The quantitative estimate of drug-likeness (QED) is 0.896. The largest absolute Gasteiger partial charge is 0.348 e. The molecule has 2 aromatic rings. The molecule has 15 heavy (non-hydrogen) atoms. The maximum Gasteiger partial charge on any atom is 0.223 e. The zero-order valence-corrected chi connectivity index (χ0v) is 9.64. The summed E-state index contributed by atoms with van der Waals surface area (Å²) >= 11 is 7.29. The van der Waals surface area contributed by atoms with Gasteiger partial charge in [0, 0.05) is 11.1 Å². The summed E-state index contributed by atoms with van der Waals surface area (Å²) < 4.78 is 0. The molecule has 0 unspecified atom stereocenters. The van der Waals surface area contributed by atoms with Gasteiger partial charge in [0.1, 0.15) is 5.01 Å². The van der Waals surface area contributed by atoms with Crippen molar-refractivity contribution in [3.05, 3.63) is 33.5 Å². The predicted molar refractivity (Wildman–Crippen MR) is 61.2 cm³/mol. The minimum absolute atomic E-state index is 0.533. The van der Waals surface area contributed by atoms with Crippen molar-refractivity contribution in [2.24, 2.45) is 0 Å². The Hall–Kier alpha value is -1.20. The van der Waals surface area contributed by atoms with E-state index in [9.17, 15) is 0 Å². The highest BCUT2D eigenvalue weighted by atomic mass is 35.5. The first-order chi connectivity index (χ1) is 7.24. The maximum atomic E-state index is 5.67. The molecule has 0 spiro atoms. The highest BCUT2D eigenvalue weighted by molar-refractivity contribution is 7.09. The Kier molecular flexibility index (Phi) is 3.13. The van der Waals surface area contributed by atoms with Crippen LogP contribution in [0, 0.1) is 6.92 Å². The van der Waals surface area contributed by atoms with E-state index >= 15 is 0 Å². The van der Waals surface area contributed by atoms with Crippen LogP contribution >= 0.6 is 22.9 Å². The Morgan fingerprint density at radius 1 is 1.40 bits per heavy atom. The van der Waals surface area contributed by atoms with Gasteiger partial charge >= 0.3 is 0 Å². The van der Waals surface area contributed by atoms with Gasteiger partial charge in [-0.25, -0.2) is 15.0 Å². The molecule has 0 saturated heterocycles. The van der Waals surface area contributed by atoms with Gasteiger partial charge in [0.15, 0.2) is 0 Å². The van der Waals surface area contributed by atoms with Crippen molar-refractivity contribution in [3.63, 3.8) is 0 Å². The van der Waals surface area contributed by atoms with Crippen LogP contribution in [0.3, 0.4) is 0 Å². The fraction of sp³-hybridized carbons (Fsp3) is 0.222. The Labute approximate surface area is 96.4 Å².